The zero-order valence-electron chi connectivity index (χ0n) is 9.46. The fourth-order valence-electron chi connectivity index (χ4n) is 1.30. The Morgan fingerprint density at radius 1 is 1.56 bits per heavy atom. The Balaban J connectivity index is 2.58. The molecule has 0 amide bonds. The second kappa shape index (κ2) is 6.21. The number of rotatable bonds is 5. The van der Waals surface area contributed by atoms with Gasteiger partial charge in [0.2, 0.25) is 0 Å². The minimum atomic E-state index is -0.442. The highest BCUT2D eigenvalue weighted by Crippen LogP contribution is 2.11. The van der Waals surface area contributed by atoms with E-state index >= 15 is 0 Å². The third-order valence-corrected chi connectivity index (χ3v) is 2.35. The predicted molar refractivity (Wildman–Crippen MR) is 59.3 cm³/mol. The molecule has 1 atom stereocenters. The first-order chi connectivity index (χ1) is 7.69. The SMILES string of the molecule is COC(C)CNCc1cccc(C#N)c1F. The van der Waals surface area contributed by atoms with Crippen molar-refractivity contribution in [1.29, 1.82) is 5.26 Å². The number of nitrogens with one attached hydrogen (secondary N) is 1. The number of nitrogens with zero attached hydrogens (tertiary/aromatic N) is 1. The quantitative estimate of drug-likeness (QED) is 0.826. The number of ether oxygens (including phenoxy) is 1. The van der Waals surface area contributed by atoms with Crippen LogP contribution in [-0.4, -0.2) is 19.8 Å². The molecule has 0 aromatic heterocycles. The van der Waals surface area contributed by atoms with Crippen LogP contribution in [0.25, 0.3) is 0 Å². The van der Waals surface area contributed by atoms with Crippen LogP contribution in [-0.2, 0) is 11.3 Å². The van der Waals surface area contributed by atoms with Gasteiger partial charge in [0.05, 0.1) is 11.7 Å². The first kappa shape index (κ1) is 12.6. The smallest absolute Gasteiger partial charge is 0.145 e. The molecular weight excluding hydrogens is 207 g/mol. The highest BCUT2D eigenvalue weighted by Gasteiger charge is 2.07. The Hall–Kier alpha value is -1.44. The molecular formula is C12H15FN2O. The third kappa shape index (κ3) is 3.30. The number of hydrogen-bond donors (Lipinski definition) is 1. The van der Waals surface area contributed by atoms with Crippen LogP contribution in [0.15, 0.2) is 18.2 Å². The Morgan fingerprint density at radius 2 is 2.31 bits per heavy atom. The van der Waals surface area contributed by atoms with Crippen molar-refractivity contribution >= 4 is 0 Å². The van der Waals surface area contributed by atoms with Gasteiger partial charge in [-0.3, -0.25) is 0 Å². The number of methoxy groups -OCH3 is 1. The van der Waals surface area contributed by atoms with E-state index in [9.17, 15) is 4.39 Å². The highest BCUT2D eigenvalue weighted by molar-refractivity contribution is 5.34. The van der Waals surface area contributed by atoms with Crippen molar-refractivity contribution in [3.63, 3.8) is 0 Å². The molecule has 1 rings (SSSR count). The van der Waals surface area contributed by atoms with Crippen LogP contribution >= 0.6 is 0 Å². The van der Waals surface area contributed by atoms with E-state index in [-0.39, 0.29) is 11.7 Å². The number of benzene rings is 1. The van der Waals surface area contributed by atoms with Gasteiger partial charge < -0.3 is 10.1 Å². The van der Waals surface area contributed by atoms with Crippen LogP contribution in [0.5, 0.6) is 0 Å². The molecule has 0 saturated heterocycles. The van der Waals surface area contributed by atoms with E-state index in [1.807, 2.05) is 13.0 Å². The molecule has 1 unspecified atom stereocenters. The molecule has 4 heteroatoms. The minimum Gasteiger partial charge on any atom is -0.380 e. The van der Waals surface area contributed by atoms with Gasteiger partial charge in [-0.25, -0.2) is 4.39 Å². The lowest BCUT2D eigenvalue weighted by atomic mass is 10.1. The molecule has 1 aromatic carbocycles. The topological polar surface area (TPSA) is 45.0 Å². The summed E-state index contributed by atoms with van der Waals surface area (Å²) in [5, 5.41) is 11.7. The molecule has 3 nitrogen and oxygen atoms in total. The molecule has 0 bridgehead atoms. The summed E-state index contributed by atoms with van der Waals surface area (Å²) in [7, 11) is 1.63. The number of nitriles is 1. The van der Waals surface area contributed by atoms with Crippen molar-refractivity contribution in [3.8, 4) is 6.07 Å². The summed E-state index contributed by atoms with van der Waals surface area (Å²) in [4.78, 5) is 0. The van der Waals surface area contributed by atoms with Crippen LogP contribution in [0.1, 0.15) is 18.1 Å². The van der Waals surface area contributed by atoms with Crippen LogP contribution in [0.3, 0.4) is 0 Å². The van der Waals surface area contributed by atoms with Crippen molar-refractivity contribution in [2.45, 2.75) is 19.6 Å². The second-order valence-corrected chi connectivity index (χ2v) is 3.57. The molecule has 0 aliphatic heterocycles. The Kier molecular flexibility index (Phi) is 4.90. The van der Waals surface area contributed by atoms with Crippen molar-refractivity contribution in [2.75, 3.05) is 13.7 Å². The average Bonchev–Trinajstić information content (AvgIpc) is 2.31. The van der Waals surface area contributed by atoms with Gasteiger partial charge in [-0.2, -0.15) is 5.26 Å². The van der Waals surface area contributed by atoms with Crippen LogP contribution in [0, 0.1) is 17.1 Å². The molecule has 0 radical (unpaired) electrons. The van der Waals surface area contributed by atoms with Gasteiger partial charge in [0.1, 0.15) is 11.9 Å². The van der Waals surface area contributed by atoms with Gasteiger partial charge in [0, 0.05) is 25.8 Å². The summed E-state index contributed by atoms with van der Waals surface area (Å²) in [6.07, 6.45) is 0.0854. The largest absolute Gasteiger partial charge is 0.380 e. The molecule has 0 spiro atoms. The second-order valence-electron chi connectivity index (χ2n) is 3.57. The summed E-state index contributed by atoms with van der Waals surface area (Å²) in [6, 6.07) is 6.63. The fraction of sp³-hybridized carbons (Fsp3) is 0.417. The van der Waals surface area contributed by atoms with E-state index < -0.39 is 5.82 Å². The lowest BCUT2D eigenvalue weighted by Gasteiger charge is -2.11. The normalized spacial score (nSPS) is 12.1. The van der Waals surface area contributed by atoms with E-state index in [4.69, 9.17) is 10.00 Å². The molecule has 0 aliphatic rings. The van der Waals surface area contributed by atoms with Gasteiger partial charge in [0.15, 0.2) is 0 Å². The maximum absolute atomic E-state index is 13.6. The van der Waals surface area contributed by atoms with Crippen molar-refractivity contribution < 1.29 is 9.13 Å². The van der Waals surface area contributed by atoms with E-state index in [1.165, 1.54) is 6.07 Å². The average molecular weight is 222 g/mol. The lowest BCUT2D eigenvalue weighted by molar-refractivity contribution is 0.117. The molecule has 1 N–H and O–H groups in total. The van der Waals surface area contributed by atoms with Gasteiger partial charge in [-0.05, 0) is 13.0 Å². The maximum atomic E-state index is 13.6. The van der Waals surface area contributed by atoms with Gasteiger partial charge >= 0.3 is 0 Å². The summed E-state index contributed by atoms with van der Waals surface area (Å²) < 4.78 is 18.6. The zero-order chi connectivity index (χ0) is 12.0. The molecule has 1 aromatic rings. The lowest BCUT2D eigenvalue weighted by Crippen LogP contribution is -2.25. The number of halogens is 1. The molecule has 0 fully saturated rings. The zero-order valence-corrected chi connectivity index (χ0v) is 9.46. The Labute approximate surface area is 94.8 Å². The monoisotopic (exact) mass is 222 g/mol. The number of hydrogen-bond acceptors (Lipinski definition) is 3. The van der Waals surface area contributed by atoms with Crippen molar-refractivity contribution in [1.82, 2.24) is 5.32 Å². The van der Waals surface area contributed by atoms with E-state index in [1.54, 1.807) is 19.2 Å². The molecule has 16 heavy (non-hydrogen) atoms. The first-order valence-corrected chi connectivity index (χ1v) is 5.10. The summed E-state index contributed by atoms with van der Waals surface area (Å²) in [5.74, 6) is -0.442. The molecule has 0 saturated carbocycles. The standard InChI is InChI=1S/C12H15FN2O/c1-9(16-2)7-15-8-11-5-3-4-10(6-14)12(11)13/h3-5,9,15H,7-8H2,1-2H3. The van der Waals surface area contributed by atoms with Crippen molar-refractivity contribution in [2.24, 2.45) is 0 Å². The minimum absolute atomic E-state index is 0.0825. The first-order valence-electron chi connectivity index (χ1n) is 5.10. The predicted octanol–water partition coefficient (Wildman–Crippen LogP) is 1.82. The van der Waals surface area contributed by atoms with Crippen molar-refractivity contribution in [3.05, 3.63) is 35.1 Å². The molecule has 86 valence electrons. The van der Waals surface area contributed by atoms with Gasteiger partial charge in [0.25, 0.3) is 0 Å². The fourth-order valence-corrected chi connectivity index (χ4v) is 1.30. The van der Waals surface area contributed by atoms with E-state index in [0.29, 0.717) is 18.7 Å². The van der Waals surface area contributed by atoms with E-state index in [2.05, 4.69) is 5.32 Å². The Morgan fingerprint density at radius 3 is 2.94 bits per heavy atom. The summed E-state index contributed by atoms with van der Waals surface area (Å²) in [5.41, 5.74) is 0.585. The molecule has 0 heterocycles. The van der Waals surface area contributed by atoms with Crippen LogP contribution in [0.2, 0.25) is 0 Å². The van der Waals surface area contributed by atoms with E-state index in [0.717, 1.165) is 0 Å². The van der Waals surface area contributed by atoms with Crippen LogP contribution in [0.4, 0.5) is 4.39 Å². The highest BCUT2D eigenvalue weighted by atomic mass is 19.1. The van der Waals surface area contributed by atoms with Crippen LogP contribution < -0.4 is 5.32 Å². The third-order valence-electron chi connectivity index (χ3n) is 2.35. The molecule has 0 aliphatic carbocycles. The summed E-state index contributed by atoms with van der Waals surface area (Å²) in [6.45, 7) is 2.97. The van der Waals surface area contributed by atoms with Gasteiger partial charge in [-0.1, -0.05) is 12.1 Å². The summed E-state index contributed by atoms with van der Waals surface area (Å²) >= 11 is 0. The maximum Gasteiger partial charge on any atom is 0.145 e. The Bertz CT molecular complexity index is 387. The van der Waals surface area contributed by atoms with Gasteiger partial charge in [-0.15, -0.1) is 0 Å².